The minimum atomic E-state index is -0.506. The number of hydrogen-bond acceptors (Lipinski definition) is 3. The first-order chi connectivity index (χ1) is 10.5. The quantitative estimate of drug-likeness (QED) is 0.505. The number of amides is 1. The second kappa shape index (κ2) is 7.06. The Morgan fingerprint density at radius 1 is 1.14 bits per heavy atom. The molecule has 1 N–H and O–H groups in total. The molecular weight excluding hydrogens is 327 g/mol. The molecule has 0 aromatic heterocycles. The van der Waals surface area contributed by atoms with E-state index in [1.807, 2.05) is 0 Å². The number of nitrogens with zero attached hydrogens (tertiary/aromatic N) is 1. The number of carbonyl (C=O) groups is 1. The molecule has 0 bridgehead atoms. The summed E-state index contributed by atoms with van der Waals surface area (Å²) in [5.74, 6) is -0.375. The molecule has 0 heterocycles. The van der Waals surface area contributed by atoms with Gasteiger partial charge in [-0.3, -0.25) is 14.9 Å². The Labute approximate surface area is 136 Å². The SMILES string of the molecule is O=C(C=Cc1ccc(Cl)cc1Cl)Nc1ccc([N+](=O)[O-])cc1. The number of nitro benzene ring substituents is 1. The van der Waals surface area contributed by atoms with Gasteiger partial charge in [-0.25, -0.2) is 0 Å². The molecule has 0 spiro atoms. The second-order valence-electron chi connectivity index (χ2n) is 4.29. The van der Waals surface area contributed by atoms with Crippen LogP contribution in [0.2, 0.25) is 10.0 Å². The number of carbonyl (C=O) groups excluding carboxylic acids is 1. The molecule has 22 heavy (non-hydrogen) atoms. The van der Waals surface area contributed by atoms with E-state index >= 15 is 0 Å². The number of rotatable bonds is 4. The van der Waals surface area contributed by atoms with Crippen LogP contribution in [0, 0.1) is 10.1 Å². The maximum absolute atomic E-state index is 11.8. The molecule has 0 fully saturated rings. The largest absolute Gasteiger partial charge is 0.323 e. The maximum atomic E-state index is 11.8. The summed E-state index contributed by atoms with van der Waals surface area (Å²) in [6, 6.07) is 10.5. The molecule has 2 aromatic rings. The van der Waals surface area contributed by atoms with Gasteiger partial charge in [0.2, 0.25) is 5.91 Å². The standard InChI is InChI=1S/C15H10Cl2N2O3/c16-11-3-1-10(14(17)9-11)2-8-15(20)18-12-4-6-13(7-5-12)19(21)22/h1-9H,(H,18,20). The lowest BCUT2D eigenvalue weighted by Gasteiger charge is -2.02. The lowest BCUT2D eigenvalue weighted by atomic mass is 10.2. The Morgan fingerprint density at radius 2 is 1.82 bits per heavy atom. The van der Waals surface area contributed by atoms with Crippen LogP contribution >= 0.6 is 23.2 Å². The van der Waals surface area contributed by atoms with E-state index in [2.05, 4.69) is 5.32 Å². The lowest BCUT2D eigenvalue weighted by Crippen LogP contribution is -2.07. The molecule has 1 amide bonds. The highest BCUT2D eigenvalue weighted by molar-refractivity contribution is 6.35. The monoisotopic (exact) mass is 336 g/mol. The van der Waals surface area contributed by atoms with Crippen molar-refractivity contribution >= 4 is 46.6 Å². The zero-order chi connectivity index (χ0) is 16.1. The van der Waals surface area contributed by atoms with Crippen LogP contribution in [0.5, 0.6) is 0 Å². The van der Waals surface area contributed by atoms with Crippen LogP contribution in [0.15, 0.2) is 48.5 Å². The summed E-state index contributed by atoms with van der Waals surface area (Å²) in [5.41, 5.74) is 1.08. The van der Waals surface area contributed by atoms with Crippen LogP contribution in [0.4, 0.5) is 11.4 Å². The topological polar surface area (TPSA) is 72.2 Å². The van der Waals surface area contributed by atoms with E-state index in [9.17, 15) is 14.9 Å². The predicted molar refractivity (Wildman–Crippen MR) is 87.2 cm³/mol. The highest BCUT2D eigenvalue weighted by atomic mass is 35.5. The molecule has 7 heteroatoms. The maximum Gasteiger partial charge on any atom is 0.269 e. The van der Waals surface area contributed by atoms with Crippen molar-refractivity contribution in [1.29, 1.82) is 0 Å². The number of hydrogen-bond donors (Lipinski definition) is 1. The van der Waals surface area contributed by atoms with Crippen molar-refractivity contribution in [2.24, 2.45) is 0 Å². The Bertz CT molecular complexity index is 743. The van der Waals surface area contributed by atoms with Crippen molar-refractivity contribution in [3.8, 4) is 0 Å². The summed E-state index contributed by atoms with van der Waals surface area (Å²) in [6.07, 6.45) is 2.87. The molecular formula is C15H10Cl2N2O3. The average molecular weight is 337 g/mol. The lowest BCUT2D eigenvalue weighted by molar-refractivity contribution is -0.384. The molecule has 112 valence electrons. The smallest absolute Gasteiger partial charge is 0.269 e. The van der Waals surface area contributed by atoms with Crippen molar-refractivity contribution in [2.45, 2.75) is 0 Å². The average Bonchev–Trinajstić information content (AvgIpc) is 2.47. The van der Waals surface area contributed by atoms with Gasteiger partial charge in [0.05, 0.1) is 4.92 Å². The van der Waals surface area contributed by atoms with Crippen molar-refractivity contribution in [3.05, 3.63) is 74.3 Å². The van der Waals surface area contributed by atoms with Crippen LogP contribution in [0.25, 0.3) is 6.08 Å². The number of anilines is 1. The molecule has 0 saturated heterocycles. The third kappa shape index (κ3) is 4.31. The van der Waals surface area contributed by atoms with E-state index in [1.54, 1.807) is 24.3 Å². The Kier molecular flexibility index (Phi) is 5.14. The fraction of sp³-hybridized carbons (Fsp3) is 0. The summed E-state index contributed by atoms with van der Waals surface area (Å²) in [5, 5.41) is 14.1. The summed E-state index contributed by atoms with van der Waals surface area (Å²) in [6.45, 7) is 0. The van der Waals surface area contributed by atoms with Crippen LogP contribution in [-0.4, -0.2) is 10.8 Å². The summed E-state index contributed by atoms with van der Waals surface area (Å²) >= 11 is 11.8. The fourth-order valence-electron chi connectivity index (χ4n) is 1.65. The van der Waals surface area contributed by atoms with Gasteiger partial charge >= 0.3 is 0 Å². The van der Waals surface area contributed by atoms with E-state index in [1.165, 1.54) is 30.3 Å². The molecule has 0 aliphatic carbocycles. The van der Waals surface area contributed by atoms with Gasteiger partial charge in [-0.05, 0) is 35.9 Å². The van der Waals surface area contributed by atoms with E-state index in [4.69, 9.17) is 23.2 Å². The van der Waals surface area contributed by atoms with E-state index < -0.39 is 4.92 Å². The molecule has 0 saturated carbocycles. The third-order valence-corrected chi connectivity index (χ3v) is 3.28. The Balaban J connectivity index is 2.03. The van der Waals surface area contributed by atoms with E-state index in [-0.39, 0.29) is 11.6 Å². The van der Waals surface area contributed by atoms with Gasteiger partial charge < -0.3 is 5.32 Å². The molecule has 0 aliphatic rings. The predicted octanol–water partition coefficient (Wildman–Crippen LogP) is 4.55. The fourth-order valence-corrected chi connectivity index (χ4v) is 2.12. The normalized spacial score (nSPS) is 10.6. The van der Waals surface area contributed by atoms with E-state index in [0.29, 0.717) is 21.3 Å². The summed E-state index contributed by atoms with van der Waals surface area (Å²) in [4.78, 5) is 21.8. The summed E-state index contributed by atoms with van der Waals surface area (Å²) < 4.78 is 0. The minimum Gasteiger partial charge on any atom is -0.323 e. The molecule has 0 aliphatic heterocycles. The molecule has 2 rings (SSSR count). The van der Waals surface area contributed by atoms with Crippen molar-refractivity contribution < 1.29 is 9.72 Å². The molecule has 0 atom stereocenters. The molecule has 2 aromatic carbocycles. The number of nitro groups is 1. The van der Waals surface area contributed by atoms with Crippen molar-refractivity contribution in [1.82, 2.24) is 0 Å². The van der Waals surface area contributed by atoms with Crippen LogP contribution < -0.4 is 5.32 Å². The third-order valence-electron chi connectivity index (χ3n) is 2.72. The van der Waals surface area contributed by atoms with E-state index in [0.717, 1.165) is 0 Å². The van der Waals surface area contributed by atoms with Crippen LogP contribution in [0.1, 0.15) is 5.56 Å². The van der Waals surface area contributed by atoms with Gasteiger partial charge in [0.15, 0.2) is 0 Å². The van der Waals surface area contributed by atoms with Crippen LogP contribution in [0.3, 0.4) is 0 Å². The first kappa shape index (κ1) is 16.0. The first-order valence-electron chi connectivity index (χ1n) is 6.14. The first-order valence-corrected chi connectivity index (χ1v) is 6.90. The van der Waals surface area contributed by atoms with Crippen LogP contribution in [-0.2, 0) is 4.79 Å². The Morgan fingerprint density at radius 3 is 2.41 bits per heavy atom. The highest BCUT2D eigenvalue weighted by Crippen LogP contribution is 2.22. The number of non-ortho nitro benzene ring substituents is 1. The van der Waals surface area contributed by atoms with Gasteiger partial charge in [0.25, 0.3) is 5.69 Å². The molecule has 0 radical (unpaired) electrons. The second-order valence-corrected chi connectivity index (χ2v) is 5.14. The van der Waals surface area contributed by atoms with Gasteiger partial charge in [0, 0.05) is 33.9 Å². The number of benzene rings is 2. The summed E-state index contributed by atoms with van der Waals surface area (Å²) in [7, 11) is 0. The minimum absolute atomic E-state index is 0.0403. The zero-order valence-corrected chi connectivity index (χ0v) is 12.6. The van der Waals surface area contributed by atoms with Gasteiger partial charge in [-0.2, -0.15) is 0 Å². The van der Waals surface area contributed by atoms with Crippen molar-refractivity contribution in [3.63, 3.8) is 0 Å². The Hall–Kier alpha value is -2.37. The molecule has 0 unspecified atom stereocenters. The number of halogens is 2. The highest BCUT2D eigenvalue weighted by Gasteiger charge is 2.05. The van der Waals surface area contributed by atoms with Gasteiger partial charge in [-0.1, -0.05) is 29.3 Å². The van der Waals surface area contributed by atoms with Crippen molar-refractivity contribution in [2.75, 3.05) is 5.32 Å². The van der Waals surface area contributed by atoms with Gasteiger partial charge in [0.1, 0.15) is 0 Å². The molecule has 5 nitrogen and oxygen atoms in total. The van der Waals surface area contributed by atoms with Gasteiger partial charge in [-0.15, -0.1) is 0 Å². The number of nitrogens with one attached hydrogen (secondary N) is 1. The zero-order valence-electron chi connectivity index (χ0n) is 11.1.